The SMILES string of the molecule is CCOc1ccc2[nH]cc(C(=O)NCCC(C)C)c(=O)c2c1. The number of H-pyrrole nitrogens is 1. The highest BCUT2D eigenvalue weighted by atomic mass is 16.5. The number of rotatable bonds is 6. The number of amides is 1. The summed E-state index contributed by atoms with van der Waals surface area (Å²) in [4.78, 5) is 27.6. The van der Waals surface area contributed by atoms with Gasteiger partial charge in [0.1, 0.15) is 11.3 Å². The molecule has 0 radical (unpaired) electrons. The molecule has 1 heterocycles. The summed E-state index contributed by atoms with van der Waals surface area (Å²) in [6.45, 7) is 7.15. The van der Waals surface area contributed by atoms with Crippen molar-refractivity contribution in [2.45, 2.75) is 27.2 Å². The van der Waals surface area contributed by atoms with Gasteiger partial charge in [-0.3, -0.25) is 9.59 Å². The van der Waals surface area contributed by atoms with E-state index in [0.717, 1.165) is 6.42 Å². The Bertz CT molecular complexity index is 719. The monoisotopic (exact) mass is 302 g/mol. The highest BCUT2D eigenvalue weighted by Crippen LogP contribution is 2.17. The first-order valence-electron chi connectivity index (χ1n) is 7.59. The zero-order valence-electron chi connectivity index (χ0n) is 13.2. The molecule has 0 aliphatic rings. The van der Waals surface area contributed by atoms with Crippen LogP contribution in [-0.2, 0) is 0 Å². The molecular weight excluding hydrogens is 280 g/mol. The maximum Gasteiger partial charge on any atom is 0.256 e. The van der Waals surface area contributed by atoms with E-state index in [1.54, 1.807) is 18.2 Å². The van der Waals surface area contributed by atoms with E-state index in [0.29, 0.717) is 35.7 Å². The standard InChI is InChI=1S/C17H22N2O3/c1-4-22-12-5-6-15-13(9-12)16(20)14(10-19-15)17(21)18-8-7-11(2)3/h5-6,9-11H,4,7-8H2,1-3H3,(H,18,21)(H,19,20). The molecule has 0 aliphatic carbocycles. The lowest BCUT2D eigenvalue weighted by atomic mass is 10.1. The van der Waals surface area contributed by atoms with Gasteiger partial charge in [0.05, 0.1) is 6.61 Å². The molecule has 2 aromatic rings. The van der Waals surface area contributed by atoms with Crippen molar-refractivity contribution < 1.29 is 9.53 Å². The third kappa shape index (κ3) is 3.67. The molecule has 5 nitrogen and oxygen atoms in total. The fourth-order valence-electron chi connectivity index (χ4n) is 2.19. The zero-order valence-corrected chi connectivity index (χ0v) is 13.2. The van der Waals surface area contributed by atoms with Crippen molar-refractivity contribution in [2.75, 3.05) is 13.2 Å². The smallest absolute Gasteiger partial charge is 0.256 e. The summed E-state index contributed by atoms with van der Waals surface area (Å²) in [5, 5.41) is 3.25. The number of pyridine rings is 1. The molecule has 1 aromatic carbocycles. The number of ether oxygens (including phenoxy) is 1. The van der Waals surface area contributed by atoms with Crippen molar-refractivity contribution >= 4 is 16.8 Å². The van der Waals surface area contributed by atoms with E-state index < -0.39 is 0 Å². The van der Waals surface area contributed by atoms with Crippen LogP contribution < -0.4 is 15.5 Å². The normalized spacial score (nSPS) is 10.9. The number of aromatic nitrogens is 1. The number of carbonyl (C=O) groups is 1. The molecule has 0 spiro atoms. The van der Waals surface area contributed by atoms with Gasteiger partial charge in [-0.05, 0) is 37.5 Å². The van der Waals surface area contributed by atoms with Gasteiger partial charge in [-0.25, -0.2) is 0 Å². The van der Waals surface area contributed by atoms with Crippen molar-refractivity contribution in [3.05, 3.63) is 40.2 Å². The summed E-state index contributed by atoms with van der Waals surface area (Å²) < 4.78 is 5.41. The maximum atomic E-state index is 12.5. The van der Waals surface area contributed by atoms with Crippen molar-refractivity contribution in [1.29, 1.82) is 0 Å². The maximum absolute atomic E-state index is 12.5. The van der Waals surface area contributed by atoms with Crippen LogP contribution >= 0.6 is 0 Å². The van der Waals surface area contributed by atoms with E-state index in [1.807, 2.05) is 6.92 Å². The highest BCUT2D eigenvalue weighted by Gasteiger charge is 2.13. The fourth-order valence-corrected chi connectivity index (χ4v) is 2.19. The van der Waals surface area contributed by atoms with Gasteiger partial charge in [-0.2, -0.15) is 0 Å². The van der Waals surface area contributed by atoms with Crippen LogP contribution in [0.1, 0.15) is 37.6 Å². The Morgan fingerprint density at radius 2 is 2.14 bits per heavy atom. The van der Waals surface area contributed by atoms with Gasteiger partial charge in [0.2, 0.25) is 5.43 Å². The quantitative estimate of drug-likeness (QED) is 0.862. The molecule has 2 rings (SSSR count). The van der Waals surface area contributed by atoms with Gasteiger partial charge in [-0.15, -0.1) is 0 Å². The Morgan fingerprint density at radius 3 is 2.82 bits per heavy atom. The van der Waals surface area contributed by atoms with Crippen LogP contribution in [0.25, 0.3) is 10.9 Å². The van der Waals surface area contributed by atoms with E-state index in [1.165, 1.54) is 6.20 Å². The lowest BCUT2D eigenvalue weighted by Gasteiger charge is -2.08. The summed E-state index contributed by atoms with van der Waals surface area (Å²) in [6.07, 6.45) is 2.35. The molecular formula is C17H22N2O3. The molecule has 0 unspecified atom stereocenters. The molecule has 1 amide bonds. The number of fused-ring (bicyclic) bond motifs is 1. The van der Waals surface area contributed by atoms with E-state index in [4.69, 9.17) is 4.74 Å². The summed E-state index contributed by atoms with van der Waals surface area (Å²) in [7, 11) is 0. The fraction of sp³-hybridized carbons (Fsp3) is 0.412. The van der Waals surface area contributed by atoms with Crippen LogP contribution in [0.15, 0.2) is 29.2 Å². The summed E-state index contributed by atoms with van der Waals surface area (Å²) in [6, 6.07) is 5.24. The minimum atomic E-state index is -0.342. The number of carbonyl (C=O) groups excluding carboxylic acids is 1. The summed E-state index contributed by atoms with van der Waals surface area (Å²) in [5.41, 5.74) is 0.537. The largest absolute Gasteiger partial charge is 0.494 e. The predicted octanol–water partition coefficient (Wildman–Crippen LogP) is 2.70. The predicted molar refractivity (Wildman–Crippen MR) is 87.5 cm³/mol. The first kappa shape index (κ1) is 16.1. The van der Waals surface area contributed by atoms with Gasteiger partial charge < -0.3 is 15.0 Å². The van der Waals surface area contributed by atoms with Crippen molar-refractivity contribution in [3.63, 3.8) is 0 Å². The number of aromatic amines is 1. The second-order valence-corrected chi connectivity index (χ2v) is 5.61. The number of nitrogens with one attached hydrogen (secondary N) is 2. The minimum Gasteiger partial charge on any atom is -0.494 e. The van der Waals surface area contributed by atoms with Gasteiger partial charge in [0.25, 0.3) is 5.91 Å². The van der Waals surface area contributed by atoms with E-state index in [-0.39, 0.29) is 16.9 Å². The van der Waals surface area contributed by atoms with Crippen LogP contribution in [0.4, 0.5) is 0 Å². The molecule has 0 saturated carbocycles. The van der Waals surface area contributed by atoms with Crippen LogP contribution in [-0.4, -0.2) is 24.0 Å². The Labute approximate surface area is 129 Å². The molecule has 22 heavy (non-hydrogen) atoms. The molecule has 0 fully saturated rings. The Hall–Kier alpha value is -2.30. The van der Waals surface area contributed by atoms with Crippen LogP contribution in [0, 0.1) is 5.92 Å². The molecule has 0 saturated heterocycles. The topological polar surface area (TPSA) is 71.2 Å². The third-order valence-electron chi connectivity index (χ3n) is 3.42. The van der Waals surface area contributed by atoms with Crippen molar-refractivity contribution in [1.82, 2.24) is 10.3 Å². The van der Waals surface area contributed by atoms with Crippen molar-refractivity contribution in [2.24, 2.45) is 5.92 Å². The first-order chi connectivity index (χ1) is 10.5. The van der Waals surface area contributed by atoms with Crippen LogP contribution in [0.2, 0.25) is 0 Å². The second-order valence-electron chi connectivity index (χ2n) is 5.61. The molecule has 0 bridgehead atoms. The lowest BCUT2D eigenvalue weighted by molar-refractivity contribution is 0.0951. The average Bonchev–Trinajstić information content (AvgIpc) is 2.48. The minimum absolute atomic E-state index is 0.130. The van der Waals surface area contributed by atoms with Crippen LogP contribution in [0.3, 0.4) is 0 Å². The molecule has 5 heteroatoms. The molecule has 1 aromatic heterocycles. The van der Waals surface area contributed by atoms with E-state index >= 15 is 0 Å². The molecule has 2 N–H and O–H groups in total. The summed E-state index contributed by atoms with van der Waals surface area (Å²) in [5.74, 6) is 0.785. The van der Waals surface area contributed by atoms with Crippen LogP contribution in [0.5, 0.6) is 5.75 Å². The van der Waals surface area contributed by atoms with Gasteiger partial charge in [0.15, 0.2) is 0 Å². The average molecular weight is 302 g/mol. The van der Waals surface area contributed by atoms with Gasteiger partial charge in [0, 0.05) is 23.6 Å². The molecule has 118 valence electrons. The number of hydrogen-bond acceptors (Lipinski definition) is 3. The van der Waals surface area contributed by atoms with Gasteiger partial charge in [-0.1, -0.05) is 13.8 Å². The third-order valence-corrected chi connectivity index (χ3v) is 3.42. The Kier molecular flexibility index (Phi) is 5.20. The lowest BCUT2D eigenvalue weighted by Crippen LogP contribution is -2.30. The Balaban J connectivity index is 2.29. The van der Waals surface area contributed by atoms with Crippen molar-refractivity contribution in [3.8, 4) is 5.75 Å². The second kappa shape index (κ2) is 7.11. The summed E-state index contributed by atoms with van der Waals surface area (Å²) >= 11 is 0. The first-order valence-corrected chi connectivity index (χ1v) is 7.59. The van der Waals surface area contributed by atoms with E-state index in [2.05, 4.69) is 24.1 Å². The molecule has 0 aliphatic heterocycles. The molecule has 0 atom stereocenters. The number of benzene rings is 1. The zero-order chi connectivity index (χ0) is 16.1. The van der Waals surface area contributed by atoms with Gasteiger partial charge >= 0.3 is 0 Å². The highest BCUT2D eigenvalue weighted by molar-refractivity contribution is 5.97. The van der Waals surface area contributed by atoms with E-state index in [9.17, 15) is 9.59 Å². The Morgan fingerprint density at radius 1 is 1.36 bits per heavy atom. The number of hydrogen-bond donors (Lipinski definition) is 2.